The Balaban J connectivity index is 2.08. The van der Waals surface area contributed by atoms with Crippen molar-refractivity contribution >= 4 is 0 Å². The van der Waals surface area contributed by atoms with Gasteiger partial charge in [-0.15, -0.1) is 0 Å². The van der Waals surface area contributed by atoms with Crippen LogP contribution < -0.4 is 4.74 Å². The van der Waals surface area contributed by atoms with E-state index in [0.717, 1.165) is 5.56 Å². The molecule has 2 aromatic rings. The van der Waals surface area contributed by atoms with E-state index in [0.29, 0.717) is 12.5 Å². The molecule has 0 unspecified atom stereocenters. The molecule has 0 N–H and O–H groups in total. The molecule has 0 spiro atoms. The highest BCUT2D eigenvalue weighted by Crippen LogP contribution is 2.18. The lowest BCUT2D eigenvalue weighted by Crippen LogP contribution is -1.94. The van der Waals surface area contributed by atoms with Crippen molar-refractivity contribution in [2.24, 2.45) is 0 Å². The van der Waals surface area contributed by atoms with Gasteiger partial charge in [0.1, 0.15) is 6.61 Å². The highest BCUT2D eigenvalue weighted by Gasteiger charge is 2.07. The van der Waals surface area contributed by atoms with Gasteiger partial charge in [-0.2, -0.15) is 4.98 Å². The van der Waals surface area contributed by atoms with Crippen LogP contribution in [0, 0.1) is 0 Å². The zero-order chi connectivity index (χ0) is 11.2. The third-order valence-electron chi connectivity index (χ3n) is 1.97. The van der Waals surface area contributed by atoms with E-state index in [9.17, 15) is 0 Å². The first-order valence-corrected chi connectivity index (χ1v) is 5.03. The molecule has 0 aliphatic rings. The van der Waals surface area contributed by atoms with Crippen LogP contribution in [0.5, 0.6) is 6.01 Å². The van der Waals surface area contributed by atoms with E-state index in [4.69, 9.17) is 9.26 Å². The summed E-state index contributed by atoms with van der Waals surface area (Å²) >= 11 is 0. The first-order chi connectivity index (χ1) is 7.90. The summed E-state index contributed by atoms with van der Waals surface area (Å²) in [5, 5.41) is 3.72. The van der Waals surface area contributed by atoms with Gasteiger partial charge >= 0.3 is 6.01 Å². The fourth-order valence-electron chi connectivity index (χ4n) is 1.19. The minimum absolute atomic E-state index is 0.261. The maximum absolute atomic E-state index is 5.25. The number of hydrogen-bond acceptors (Lipinski definition) is 4. The van der Waals surface area contributed by atoms with Crippen LogP contribution in [0.4, 0.5) is 0 Å². The minimum atomic E-state index is 0.261. The molecule has 16 heavy (non-hydrogen) atoms. The van der Waals surface area contributed by atoms with E-state index < -0.39 is 0 Å². The standard InChI is InChI=1S/C12H12N2O2/c1-2-3-9-15-12-13-11(16-14-12)10-7-5-4-6-8-10/h2-8H,9H2,1H3/b3-2+. The van der Waals surface area contributed by atoms with Gasteiger partial charge in [-0.25, -0.2) is 0 Å². The highest BCUT2D eigenvalue weighted by atomic mass is 16.5. The monoisotopic (exact) mass is 216 g/mol. The van der Waals surface area contributed by atoms with Gasteiger partial charge in [0.2, 0.25) is 0 Å². The molecule has 0 aliphatic heterocycles. The second-order valence-corrected chi connectivity index (χ2v) is 3.13. The van der Waals surface area contributed by atoms with Crippen molar-refractivity contribution in [1.82, 2.24) is 10.1 Å². The largest absolute Gasteiger partial charge is 0.457 e. The molecule has 0 saturated heterocycles. The molecule has 4 heteroatoms. The van der Waals surface area contributed by atoms with Crippen LogP contribution in [-0.4, -0.2) is 16.7 Å². The summed E-state index contributed by atoms with van der Waals surface area (Å²) in [7, 11) is 0. The summed E-state index contributed by atoms with van der Waals surface area (Å²) in [5.74, 6) is 0.469. The number of rotatable bonds is 4. The van der Waals surface area contributed by atoms with Crippen LogP contribution in [-0.2, 0) is 0 Å². The number of nitrogens with zero attached hydrogens (tertiary/aromatic N) is 2. The summed E-state index contributed by atoms with van der Waals surface area (Å²) in [6.07, 6.45) is 3.77. The molecule has 1 aromatic heterocycles. The van der Waals surface area contributed by atoms with Crippen LogP contribution in [0.3, 0.4) is 0 Å². The average Bonchev–Trinajstić information content (AvgIpc) is 2.79. The molecule has 0 amide bonds. The molecule has 1 aromatic carbocycles. The molecular weight excluding hydrogens is 204 g/mol. The smallest absolute Gasteiger partial charge is 0.354 e. The molecule has 0 bridgehead atoms. The lowest BCUT2D eigenvalue weighted by molar-refractivity contribution is 0.306. The van der Waals surface area contributed by atoms with Gasteiger partial charge in [0.15, 0.2) is 0 Å². The zero-order valence-electron chi connectivity index (χ0n) is 8.96. The maximum Gasteiger partial charge on any atom is 0.354 e. The SMILES string of the molecule is C/C=C/COc1noc(-c2ccccc2)n1. The summed E-state index contributed by atoms with van der Waals surface area (Å²) < 4.78 is 10.3. The minimum Gasteiger partial charge on any atom is -0.457 e. The van der Waals surface area contributed by atoms with Crippen molar-refractivity contribution in [1.29, 1.82) is 0 Å². The third-order valence-corrected chi connectivity index (χ3v) is 1.97. The van der Waals surface area contributed by atoms with E-state index in [2.05, 4.69) is 10.1 Å². The summed E-state index contributed by atoms with van der Waals surface area (Å²) in [6, 6.07) is 9.84. The van der Waals surface area contributed by atoms with Crippen molar-refractivity contribution in [2.75, 3.05) is 6.61 Å². The van der Waals surface area contributed by atoms with Gasteiger partial charge in [-0.1, -0.05) is 30.4 Å². The molecule has 1 heterocycles. The number of benzene rings is 1. The van der Waals surface area contributed by atoms with E-state index in [1.165, 1.54) is 0 Å². The Labute approximate surface area is 93.6 Å². The first kappa shape index (κ1) is 10.4. The highest BCUT2D eigenvalue weighted by molar-refractivity contribution is 5.52. The van der Waals surface area contributed by atoms with Crippen LogP contribution in [0.1, 0.15) is 6.92 Å². The fourth-order valence-corrected chi connectivity index (χ4v) is 1.19. The van der Waals surface area contributed by atoms with E-state index in [1.807, 2.05) is 49.4 Å². The van der Waals surface area contributed by atoms with E-state index in [1.54, 1.807) is 0 Å². The fraction of sp³-hybridized carbons (Fsp3) is 0.167. The second kappa shape index (κ2) is 5.11. The van der Waals surface area contributed by atoms with Crippen molar-refractivity contribution in [2.45, 2.75) is 6.92 Å². The predicted molar refractivity (Wildman–Crippen MR) is 60.0 cm³/mol. The lowest BCUT2D eigenvalue weighted by atomic mass is 10.2. The van der Waals surface area contributed by atoms with Crippen molar-refractivity contribution < 1.29 is 9.26 Å². The Morgan fingerprint density at radius 3 is 2.88 bits per heavy atom. The van der Waals surface area contributed by atoms with Crippen molar-refractivity contribution in [3.63, 3.8) is 0 Å². The number of allylic oxidation sites excluding steroid dienone is 1. The summed E-state index contributed by atoms with van der Waals surface area (Å²) in [5.41, 5.74) is 0.885. The van der Waals surface area contributed by atoms with Gasteiger partial charge in [0, 0.05) is 5.56 Å². The topological polar surface area (TPSA) is 48.2 Å². The predicted octanol–water partition coefficient (Wildman–Crippen LogP) is 2.69. The van der Waals surface area contributed by atoms with Gasteiger partial charge in [-0.05, 0) is 24.2 Å². The lowest BCUT2D eigenvalue weighted by Gasteiger charge is -1.93. The Morgan fingerprint density at radius 1 is 1.31 bits per heavy atom. The molecular formula is C12H12N2O2. The van der Waals surface area contributed by atoms with Crippen LogP contribution >= 0.6 is 0 Å². The number of hydrogen-bond donors (Lipinski definition) is 0. The van der Waals surface area contributed by atoms with Crippen molar-refractivity contribution in [3.8, 4) is 17.5 Å². The van der Waals surface area contributed by atoms with E-state index >= 15 is 0 Å². The number of aromatic nitrogens is 2. The molecule has 0 fully saturated rings. The molecule has 0 radical (unpaired) electrons. The molecule has 2 rings (SSSR count). The van der Waals surface area contributed by atoms with Crippen molar-refractivity contribution in [3.05, 3.63) is 42.5 Å². The van der Waals surface area contributed by atoms with Gasteiger partial charge < -0.3 is 9.26 Å². The molecule has 0 aliphatic carbocycles. The Morgan fingerprint density at radius 2 is 2.12 bits per heavy atom. The first-order valence-electron chi connectivity index (χ1n) is 5.03. The van der Waals surface area contributed by atoms with Gasteiger partial charge in [0.25, 0.3) is 5.89 Å². The van der Waals surface area contributed by atoms with Crippen LogP contribution in [0.2, 0.25) is 0 Å². The average molecular weight is 216 g/mol. The molecule has 4 nitrogen and oxygen atoms in total. The molecule has 0 saturated carbocycles. The normalized spacial score (nSPS) is 10.8. The molecule has 82 valence electrons. The number of ether oxygens (including phenoxy) is 1. The molecule has 0 atom stereocenters. The van der Waals surface area contributed by atoms with Gasteiger partial charge in [0.05, 0.1) is 0 Å². The summed E-state index contributed by atoms with van der Waals surface area (Å²) in [6.45, 7) is 2.37. The van der Waals surface area contributed by atoms with Crippen LogP contribution in [0.25, 0.3) is 11.5 Å². The van der Waals surface area contributed by atoms with Crippen LogP contribution in [0.15, 0.2) is 47.0 Å². The Hall–Kier alpha value is -2.10. The van der Waals surface area contributed by atoms with Gasteiger partial charge in [-0.3, -0.25) is 0 Å². The van der Waals surface area contributed by atoms with E-state index in [-0.39, 0.29) is 6.01 Å². The zero-order valence-corrected chi connectivity index (χ0v) is 8.96. The maximum atomic E-state index is 5.25. The Kier molecular flexibility index (Phi) is 3.33. The summed E-state index contributed by atoms with van der Waals surface area (Å²) in [4.78, 5) is 4.12. The second-order valence-electron chi connectivity index (χ2n) is 3.13. The quantitative estimate of drug-likeness (QED) is 0.737. The Bertz CT molecular complexity index is 463. The third kappa shape index (κ3) is 2.48.